The van der Waals surface area contributed by atoms with Gasteiger partial charge in [0.05, 0.1) is 11.1 Å². The van der Waals surface area contributed by atoms with E-state index in [9.17, 15) is 14.3 Å². The van der Waals surface area contributed by atoms with Gasteiger partial charge in [-0.1, -0.05) is 23.8 Å². The van der Waals surface area contributed by atoms with Crippen molar-refractivity contribution < 1.29 is 14.3 Å². The number of fused-ring (bicyclic) bond motifs is 1. The molecule has 0 saturated heterocycles. The Morgan fingerprint density at radius 1 is 1.22 bits per heavy atom. The number of aromatic nitrogens is 1. The molecular formula is C17H14FN3O2. The Labute approximate surface area is 131 Å². The van der Waals surface area contributed by atoms with Crippen LogP contribution in [-0.4, -0.2) is 16.0 Å². The molecule has 0 saturated carbocycles. The number of halogens is 1. The van der Waals surface area contributed by atoms with Crippen LogP contribution in [0.15, 0.2) is 46.6 Å². The van der Waals surface area contributed by atoms with Crippen molar-refractivity contribution in [3.05, 3.63) is 58.9 Å². The van der Waals surface area contributed by atoms with Gasteiger partial charge >= 0.3 is 0 Å². The lowest BCUT2D eigenvalue weighted by Crippen LogP contribution is -1.97. The maximum atomic E-state index is 13.6. The van der Waals surface area contributed by atoms with Crippen LogP contribution in [0.1, 0.15) is 21.5 Å². The molecule has 2 N–H and O–H groups in total. The van der Waals surface area contributed by atoms with Crippen LogP contribution < -0.4 is 0 Å². The summed E-state index contributed by atoms with van der Waals surface area (Å²) in [6, 6.07) is 9.34. The first-order chi connectivity index (χ1) is 11.0. The largest absolute Gasteiger partial charge is 0.493 e. The van der Waals surface area contributed by atoms with Crippen molar-refractivity contribution in [3.8, 4) is 5.88 Å². The van der Waals surface area contributed by atoms with Gasteiger partial charge in [0.1, 0.15) is 5.82 Å². The fraction of sp³-hybridized carbons (Fsp3) is 0.118. The number of nitrogens with zero attached hydrogens (tertiary/aromatic N) is 2. The summed E-state index contributed by atoms with van der Waals surface area (Å²) in [5.74, 6) is -1.65. The first kappa shape index (κ1) is 14.9. The van der Waals surface area contributed by atoms with Gasteiger partial charge in [0.15, 0.2) is 5.69 Å². The van der Waals surface area contributed by atoms with Crippen molar-refractivity contribution in [3.63, 3.8) is 0 Å². The second-order valence-electron chi connectivity index (χ2n) is 5.31. The van der Waals surface area contributed by atoms with Crippen LogP contribution in [0.2, 0.25) is 0 Å². The van der Waals surface area contributed by atoms with Crippen LogP contribution in [0.5, 0.6) is 5.88 Å². The van der Waals surface area contributed by atoms with E-state index in [1.165, 1.54) is 18.2 Å². The monoisotopic (exact) mass is 311 g/mol. The van der Waals surface area contributed by atoms with Crippen molar-refractivity contribution >= 4 is 22.5 Å². The number of benzene rings is 2. The molecule has 3 rings (SSSR count). The second kappa shape index (κ2) is 5.64. The molecule has 0 spiro atoms. The van der Waals surface area contributed by atoms with Crippen molar-refractivity contribution in [1.29, 1.82) is 0 Å². The average Bonchev–Trinajstić information content (AvgIpc) is 2.81. The van der Waals surface area contributed by atoms with Crippen LogP contribution in [0.3, 0.4) is 0 Å². The van der Waals surface area contributed by atoms with E-state index in [2.05, 4.69) is 15.2 Å². The number of aryl methyl sites for hydroxylation is 2. The molecule has 0 radical (unpaired) electrons. The quantitative estimate of drug-likeness (QED) is 0.681. The highest BCUT2D eigenvalue weighted by atomic mass is 19.1. The van der Waals surface area contributed by atoms with Crippen LogP contribution in [-0.2, 0) is 0 Å². The van der Waals surface area contributed by atoms with Gasteiger partial charge in [0.25, 0.3) is 5.91 Å². The van der Waals surface area contributed by atoms with Crippen LogP contribution >= 0.6 is 0 Å². The lowest BCUT2D eigenvalue weighted by molar-refractivity contribution is 0.0991. The summed E-state index contributed by atoms with van der Waals surface area (Å²) in [5, 5.41) is 18.0. The zero-order valence-electron chi connectivity index (χ0n) is 12.6. The molecule has 1 aromatic heterocycles. The van der Waals surface area contributed by atoms with E-state index >= 15 is 0 Å². The Balaban J connectivity index is 2.03. The van der Waals surface area contributed by atoms with Gasteiger partial charge in [-0.05, 0) is 37.6 Å². The van der Waals surface area contributed by atoms with Crippen LogP contribution in [0.4, 0.5) is 10.1 Å². The number of aromatic hydroxyl groups is 1. The standard InChI is InChI=1S/C17H14FN3O2/c1-9-7-10(2)14-12(8-9)15(17(23)19-14)20-21-16(22)11-5-3-4-6-13(11)18/h3-8,19,23H,1-2H3. The van der Waals surface area contributed by atoms with E-state index in [-0.39, 0.29) is 17.1 Å². The Bertz CT molecular complexity index is 944. The number of amides is 1. The Hall–Kier alpha value is -3.02. The van der Waals surface area contributed by atoms with E-state index in [0.717, 1.165) is 16.6 Å². The van der Waals surface area contributed by atoms with Gasteiger partial charge in [-0.2, -0.15) is 0 Å². The highest BCUT2D eigenvalue weighted by molar-refractivity contribution is 5.98. The highest BCUT2D eigenvalue weighted by Crippen LogP contribution is 2.37. The van der Waals surface area contributed by atoms with Crippen LogP contribution in [0, 0.1) is 19.7 Å². The third kappa shape index (κ3) is 2.70. The minimum absolute atomic E-state index is 0.163. The molecule has 116 valence electrons. The number of carbonyl (C=O) groups excluding carboxylic acids is 1. The number of hydrogen-bond acceptors (Lipinski definition) is 3. The minimum Gasteiger partial charge on any atom is -0.493 e. The van der Waals surface area contributed by atoms with Gasteiger partial charge < -0.3 is 10.1 Å². The summed E-state index contributed by atoms with van der Waals surface area (Å²) in [5.41, 5.74) is 2.66. The van der Waals surface area contributed by atoms with Crippen LogP contribution in [0.25, 0.3) is 10.9 Å². The fourth-order valence-electron chi connectivity index (χ4n) is 2.51. The molecule has 0 atom stereocenters. The summed E-state index contributed by atoms with van der Waals surface area (Å²) >= 11 is 0. The van der Waals surface area contributed by atoms with E-state index in [4.69, 9.17) is 0 Å². The molecular weight excluding hydrogens is 297 g/mol. The number of aromatic amines is 1. The van der Waals surface area contributed by atoms with Gasteiger partial charge in [0, 0.05) is 5.39 Å². The lowest BCUT2D eigenvalue weighted by Gasteiger charge is -1.99. The number of H-pyrrole nitrogens is 1. The molecule has 0 aliphatic heterocycles. The maximum absolute atomic E-state index is 13.6. The first-order valence-electron chi connectivity index (χ1n) is 7.00. The van der Waals surface area contributed by atoms with E-state index in [0.29, 0.717) is 5.39 Å². The van der Waals surface area contributed by atoms with Crippen molar-refractivity contribution in [1.82, 2.24) is 4.98 Å². The molecule has 0 aliphatic carbocycles. The molecule has 23 heavy (non-hydrogen) atoms. The lowest BCUT2D eigenvalue weighted by atomic mass is 10.1. The Kier molecular flexibility index (Phi) is 3.65. The minimum atomic E-state index is -0.804. The first-order valence-corrected chi connectivity index (χ1v) is 7.00. The van der Waals surface area contributed by atoms with E-state index in [1.54, 1.807) is 6.07 Å². The summed E-state index contributed by atoms with van der Waals surface area (Å²) in [6.45, 7) is 3.82. The van der Waals surface area contributed by atoms with Gasteiger partial charge in [-0.15, -0.1) is 10.2 Å². The molecule has 1 heterocycles. The van der Waals surface area contributed by atoms with E-state index < -0.39 is 11.7 Å². The number of rotatable bonds is 2. The molecule has 3 aromatic rings. The molecule has 2 aromatic carbocycles. The number of hydrogen-bond donors (Lipinski definition) is 2. The predicted molar refractivity (Wildman–Crippen MR) is 84.7 cm³/mol. The summed E-state index contributed by atoms with van der Waals surface area (Å²) in [7, 11) is 0. The third-order valence-corrected chi connectivity index (χ3v) is 3.55. The molecule has 5 nitrogen and oxygen atoms in total. The zero-order chi connectivity index (χ0) is 16.6. The Morgan fingerprint density at radius 3 is 2.70 bits per heavy atom. The Morgan fingerprint density at radius 2 is 1.96 bits per heavy atom. The smallest absolute Gasteiger partial charge is 0.298 e. The summed E-state index contributed by atoms with van der Waals surface area (Å²) in [4.78, 5) is 14.8. The van der Waals surface area contributed by atoms with Crippen molar-refractivity contribution in [2.45, 2.75) is 13.8 Å². The van der Waals surface area contributed by atoms with Gasteiger partial charge in [-0.25, -0.2) is 4.39 Å². The van der Waals surface area contributed by atoms with Gasteiger partial charge in [-0.3, -0.25) is 4.79 Å². The summed E-state index contributed by atoms with van der Waals surface area (Å²) in [6.07, 6.45) is 0. The van der Waals surface area contributed by atoms with Crippen molar-refractivity contribution in [2.24, 2.45) is 10.2 Å². The highest BCUT2D eigenvalue weighted by Gasteiger charge is 2.14. The molecule has 0 fully saturated rings. The topological polar surface area (TPSA) is 77.8 Å². The summed E-state index contributed by atoms with van der Waals surface area (Å²) < 4.78 is 13.6. The van der Waals surface area contributed by atoms with Gasteiger partial charge in [0.2, 0.25) is 5.88 Å². The number of nitrogens with one attached hydrogen (secondary N) is 1. The SMILES string of the molecule is Cc1cc(C)c2[nH]c(O)c(N=NC(=O)c3ccccc3F)c2c1. The average molecular weight is 311 g/mol. The predicted octanol–water partition coefficient (Wildman–Crippen LogP) is 4.55. The zero-order valence-corrected chi connectivity index (χ0v) is 12.6. The normalized spacial score (nSPS) is 11.4. The number of carbonyl (C=O) groups is 1. The maximum Gasteiger partial charge on any atom is 0.298 e. The molecule has 0 bridgehead atoms. The molecule has 0 unspecified atom stereocenters. The fourth-order valence-corrected chi connectivity index (χ4v) is 2.51. The third-order valence-electron chi connectivity index (χ3n) is 3.55. The van der Waals surface area contributed by atoms with Crippen molar-refractivity contribution in [2.75, 3.05) is 0 Å². The molecule has 0 aliphatic rings. The number of azo groups is 1. The molecule has 1 amide bonds. The second-order valence-corrected chi connectivity index (χ2v) is 5.31. The molecule has 6 heteroatoms. The van der Waals surface area contributed by atoms with E-state index in [1.807, 2.05) is 26.0 Å².